The average molecular weight is 428 g/mol. The van der Waals surface area contributed by atoms with Crippen molar-refractivity contribution in [2.75, 3.05) is 18.4 Å². The highest BCUT2D eigenvalue weighted by Gasteiger charge is 2.43. The normalized spacial score (nSPS) is 20.7. The first-order chi connectivity index (χ1) is 13.6. The lowest BCUT2D eigenvalue weighted by Gasteiger charge is -2.45. The summed E-state index contributed by atoms with van der Waals surface area (Å²) in [6.07, 6.45) is -0.759. The zero-order chi connectivity index (χ0) is 20.7. The van der Waals surface area contributed by atoms with Crippen LogP contribution < -0.4 is 14.8 Å². The maximum absolute atomic E-state index is 12.6. The number of nitrogens with one attached hydrogen (secondary N) is 2. The van der Waals surface area contributed by atoms with Gasteiger partial charge in [0.1, 0.15) is 16.3 Å². The summed E-state index contributed by atoms with van der Waals surface area (Å²) in [6, 6.07) is 7.41. The Bertz CT molecular complexity index is 988. The van der Waals surface area contributed by atoms with Crippen molar-refractivity contribution in [3.8, 4) is 5.75 Å². The Labute approximate surface area is 165 Å². The van der Waals surface area contributed by atoms with Gasteiger partial charge in [-0.25, -0.2) is 8.42 Å². The molecule has 2 aliphatic rings. The second-order valence-electron chi connectivity index (χ2n) is 7.15. The van der Waals surface area contributed by atoms with Gasteiger partial charge < -0.3 is 10.1 Å². The number of benzene rings is 1. The third kappa shape index (κ3) is 4.46. The Kier molecular flexibility index (Phi) is 4.91. The van der Waals surface area contributed by atoms with Crippen LogP contribution in [-0.2, 0) is 16.6 Å². The molecular weight excluding hydrogens is 409 g/mol. The van der Waals surface area contributed by atoms with Crippen LogP contribution in [-0.4, -0.2) is 43.4 Å². The summed E-state index contributed by atoms with van der Waals surface area (Å²) in [5.74, 6) is -0.257. The maximum atomic E-state index is 12.6. The quantitative estimate of drug-likeness (QED) is 0.782. The highest BCUT2D eigenvalue weighted by Crippen LogP contribution is 2.34. The number of likely N-dealkylation sites (tertiary alicyclic amines) is 1. The van der Waals surface area contributed by atoms with Gasteiger partial charge in [-0.05, 0) is 36.6 Å². The van der Waals surface area contributed by atoms with Crippen LogP contribution >= 0.6 is 0 Å². The first-order valence-corrected chi connectivity index (χ1v) is 10.5. The van der Waals surface area contributed by atoms with E-state index in [4.69, 9.17) is 0 Å². The van der Waals surface area contributed by atoms with Crippen molar-refractivity contribution in [1.82, 2.24) is 14.6 Å². The third-order valence-electron chi connectivity index (χ3n) is 5.05. The van der Waals surface area contributed by atoms with E-state index in [1.54, 1.807) is 24.4 Å². The van der Waals surface area contributed by atoms with Gasteiger partial charge in [0, 0.05) is 32.0 Å². The smallest absolute Gasteiger partial charge is 0.406 e. The number of fused-ring (bicyclic) bond motifs is 1. The van der Waals surface area contributed by atoms with Crippen LogP contribution in [0.1, 0.15) is 18.4 Å². The van der Waals surface area contributed by atoms with Gasteiger partial charge >= 0.3 is 6.36 Å². The van der Waals surface area contributed by atoms with Crippen molar-refractivity contribution in [1.29, 1.82) is 0 Å². The number of hydrogen-bond donors (Lipinski definition) is 2. The first kappa shape index (κ1) is 19.9. The Morgan fingerprint density at radius 2 is 1.83 bits per heavy atom. The molecule has 1 saturated heterocycles. The number of aromatic nitrogens is 1. The van der Waals surface area contributed by atoms with Crippen molar-refractivity contribution in [2.45, 2.75) is 36.3 Å². The highest BCUT2D eigenvalue weighted by atomic mass is 32.2. The summed E-state index contributed by atoms with van der Waals surface area (Å²) in [5.41, 5.74) is 0.630. The van der Waals surface area contributed by atoms with Crippen molar-refractivity contribution in [3.63, 3.8) is 0 Å². The van der Waals surface area contributed by atoms with Crippen LogP contribution in [0.3, 0.4) is 0 Å². The molecular formula is C18H19F3N4O3S. The number of piperidine rings is 1. The molecule has 0 unspecified atom stereocenters. The third-order valence-corrected chi connectivity index (χ3v) is 6.61. The fourth-order valence-corrected chi connectivity index (χ4v) is 5.16. The molecule has 2 aromatic rings. The average Bonchev–Trinajstić information content (AvgIpc) is 2.64. The Hall–Kier alpha value is -2.37. The van der Waals surface area contributed by atoms with Gasteiger partial charge in [-0.1, -0.05) is 12.1 Å². The summed E-state index contributed by atoms with van der Waals surface area (Å²) in [7, 11) is -3.65. The second-order valence-corrected chi connectivity index (χ2v) is 8.80. The number of halogens is 3. The number of alkyl halides is 3. The van der Waals surface area contributed by atoms with Gasteiger partial charge in [-0.2, -0.15) is 4.72 Å². The molecule has 0 aliphatic carbocycles. The van der Waals surface area contributed by atoms with Crippen molar-refractivity contribution < 1.29 is 26.3 Å². The summed E-state index contributed by atoms with van der Waals surface area (Å²) < 4.78 is 68.5. The van der Waals surface area contributed by atoms with Gasteiger partial charge in [-0.3, -0.25) is 9.88 Å². The number of sulfonamides is 1. The molecule has 7 nitrogen and oxygen atoms in total. The van der Waals surface area contributed by atoms with Gasteiger partial charge in [0.2, 0.25) is 10.0 Å². The van der Waals surface area contributed by atoms with Crippen LogP contribution in [0.25, 0.3) is 0 Å². The van der Waals surface area contributed by atoms with E-state index in [1.165, 1.54) is 18.3 Å². The van der Waals surface area contributed by atoms with Crippen molar-refractivity contribution in [2.24, 2.45) is 0 Å². The van der Waals surface area contributed by atoms with Crippen molar-refractivity contribution in [3.05, 3.63) is 48.3 Å². The monoisotopic (exact) mass is 428 g/mol. The van der Waals surface area contributed by atoms with Gasteiger partial charge in [0.25, 0.3) is 0 Å². The van der Waals surface area contributed by atoms with Crippen LogP contribution in [0, 0.1) is 0 Å². The van der Waals surface area contributed by atoms with Crippen LogP contribution in [0.15, 0.2) is 47.6 Å². The zero-order valence-electron chi connectivity index (χ0n) is 15.2. The molecule has 0 radical (unpaired) electrons. The molecule has 0 saturated carbocycles. The van der Waals surface area contributed by atoms with E-state index in [2.05, 4.69) is 24.7 Å². The highest BCUT2D eigenvalue weighted by molar-refractivity contribution is 7.89. The molecule has 1 aromatic carbocycles. The lowest BCUT2D eigenvalue weighted by molar-refractivity contribution is -0.274. The molecule has 1 spiro atoms. The standard InChI is InChI=1S/C18H19F3N4O3S/c19-18(20,21)28-14-3-1-13(2-4-14)12-25-9-6-17(7-10-25)23-15-5-8-22-11-16(15)29(26,27)24-17/h1-5,8,11,23-24H,6-7,9-10,12H2. The molecule has 29 heavy (non-hydrogen) atoms. The Balaban J connectivity index is 1.39. The zero-order valence-corrected chi connectivity index (χ0v) is 16.1. The minimum Gasteiger partial charge on any atom is -0.406 e. The molecule has 2 aliphatic heterocycles. The summed E-state index contributed by atoms with van der Waals surface area (Å²) in [6.45, 7) is 1.79. The van der Waals surface area contributed by atoms with E-state index in [-0.39, 0.29) is 10.6 Å². The number of pyridine rings is 1. The van der Waals surface area contributed by atoms with E-state index in [9.17, 15) is 21.6 Å². The number of rotatable bonds is 3. The topological polar surface area (TPSA) is 83.6 Å². The van der Waals surface area contributed by atoms with Gasteiger partial charge in [-0.15, -0.1) is 13.2 Å². The maximum Gasteiger partial charge on any atom is 0.573 e. The summed E-state index contributed by atoms with van der Waals surface area (Å²) >= 11 is 0. The molecule has 0 amide bonds. The van der Waals surface area contributed by atoms with Crippen LogP contribution in [0.5, 0.6) is 5.75 Å². The Morgan fingerprint density at radius 1 is 1.14 bits per heavy atom. The molecule has 3 heterocycles. The fourth-order valence-electron chi connectivity index (χ4n) is 3.67. The fraction of sp³-hybridized carbons (Fsp3) is 0.389. The molecule has 0 bridgehead atoms. The van der Waals surface area contributed by atoms with Gasteiger partial charge in [0.05, 0.1) is 5.69 Å². The SMILES string of the molecule is O=S1(=O)NC2(CCN(Cc3ccc(OC(F)(F)F)cc3)CC2)Nc2ccncc21. The first-order valence-electron chi connectivity index (χ1n) is 8.97. The number of anilines is 1. The molecule has 156 valence electrons. The molecule has 11 heteroatoms. The van der Waals surface area contributed by atoms with Crippen molar-refractivity contribution >= 4 is 15.7 Å². The lowest BCUT2D eigenvalue weighted by atomic mass is 9.96. The number of nitrogens with zero attached hydrogens (tertiary/aromatic N) is 2. The Morgan fingerprint density at radius 3 is 2.48 bits per heavy atom. The molecule has 1 aromatic heterocycles. The number of hydrogen-bond acceptors (Lipinski definition) is 6. The molecule has 0 atom stereocenters. The summed E-state index contributed by atoms with van der Waals surface area (Å²) in [4.78, 5) is 6.13. The van der Waals surface area contributed by atoms with Crippen LogP contribution in [0.4, 0.5) is 18.9 Å². The molecule has 4 rings (SSSR count). The predicted octanol–water partition coefficient (Wildman–Crippen LogP) is 2.68. The molecule has 1 fully saturated rings. The van der Waals surface area contributed by atoms with E-state index in [0.29, 0.717) is 38.2 Å². The van der Waals surface area contributed by atoms with Gasteiger partial charge in [0.15, 0.2) is 0 Å². The second kappa shape index (κ2) is 7.15. The summed E-state index contributed by atoms with van der Waals surface area (Å²) in [5, 5.41) is 3.30. The molecule has 2 N–H and O–H groups in total. The van der Waals surface area contributed by atoms with E-state index in [0.717, 1.165) is 5.56 Å². The number of ether oxygens (including phenoxy) is 1. The minimum atomic E-state index is -4.71. The van der Waals surface area contributed by atoms with E-state index in [1.807, 2.05) is 0 Å². The minimum absolute atomic E-state index is 0.134. The van der Waals surface area contributed by atoms with E-state index < -0.39 is 22.0 Å². The largest absolute Gasteiger partial charge is 0.573 e. The van der Waals surface area contributed by atoms with E-state index >= 15 is 0 Å². The van der Waals surface area contributed by atoms with Crippen LogP contribution in [0.2, 0.25) is 0 Å². The lowest BCUT2D eigenvalue weighted by Crippen LogP contribution is -2.61. The predicted molar refractivity (Wildman–Crippen MR) is 98.5 cm³/mol.